The molecule has 1 aromatic carbocycles. The van der Waals surface area contributed by atoms with Crippen molar-refractivity contribution in [2.24, 2.45) is 0 Å². The molecule has 0 saturated carbocycles. The highest BCUT2D eigenvalue weighted by Gasteiger charge is 2.31. The summed E-state index contributed by atoms with van der Waals surface area (Å²) in [6, 6.07) is 10.3. The van der Waals surface area contributed by atoms with Crippen molar-refractivity contribution < 1.29 is 4.58 Å². The summed E-state index contributed by atoms with van der Waals surface area (Å²) in [7, 11) is 2.19. The van der Waals surface area contributed by atoms with Crippen LogP contribution in [0.3, 0.4) is 0 Å². The van der Waals surface area contributed by atoms with Crippen molar-refractivity contribution in [3.8, 4) is 0 Å². The lowest BCUT2D eigenvalue weighted by molar-refractivity contribution is -0.507. The highest BCUT2D eigenvalue weighted by atomic mass is 15.3. The molecule has 0 amide bonds. The molecule has 3 rings (SSSR count). The number of nitrogens with zero attached hydrogens (tertiary/aromatic N) is 2. The average Bonchev–Trinajstić information content (AvgIpc) is 2.69. The molecule has 0 radical (unpaired) electrons. The van der Waals surface area contributed by atoms with Gasteiger partial charge in [0.1, 0.15) is 12.4 Å². The summed E-state index contributed by atoms with van der Waals surface area (Å²) >= 11 is 0. The second kappa shape index (κ2) is 3.27. The number of benzene rings is 1. The van der Waals surface area contributed by atoms with E-state index in [9.17, 15) is 0 Å². The van der Waals surface area contributed by atoms with Crippen molar-refractivity contribution in [3.05, 3.63) is 41.4 Å². The lowest BCUT2D eigenvalue weighted by Gasteiger charge is -2.37. The first kappa shape index (κ1) is 9.76. The first-order chi connectivity index (χ1) is 7.70. The van der Waals surface area contributed by atoms with E-state index in [2.05, 4.69) is 54.6 Å². The van der Waals surface area contributed by atoms with Crippen molar-refractivity contribution in [2.75, 3.05) is 20.1 Å². The number of likely N-dealkylation sites (N-methyl/N-ethyl adjacent to an activating group) is 1. The Morgan fingerprint density at radius 1 is 1.38 bits per heavy atom. The van der Waals surface area contributed by atoms with E-state index in [4.69, 9.17) is 0 Å². The van der Waals surface area contributed by atoms with Gasteiger partial charge in [0.25, 0.3) is 0 Å². The molecule has 2 nitrogen and oxygen atoms in total. The van der Waals surface area contributed by atoms with Crippen LogP contribution in [0.15, 0.2) is 24.3 Å². The Labute approximate surface area is 97.2 Å². The number of amidine groups is 1. The van der Waals surface area contributed by atoms with Gasteiger partial charge in [-0.2, -0.15) is 0 Å². The smallest absolute Gasteiger partial charge is 0.136 e. The van der Waals surface area contributed by atoms with Gasteiger partial charge in [-0.3, -0.25) is 0 Å². The van der Waals surface area contributed by atoms with E-state index in [-0.39, 0.29) is 0 Å². The quantitative estimate of drug-likeness (QED) is 0.473. The maximum atomic E-state index is 2.48. The monoisotopic (exact) mass is 214 g/mol. The van der Waals surface area contributed by atoms with Gasteiger partial charge < -0.3 is 9.48 Å². The highest BCUT2D eigenvalue weighted by molar-refractivity contribution is 5.98. The molecular formula is C14H18N2. The van der Waals surface area contributed by atoms with E-state index in [0.717, 1.165) is 13.1 Å². The Morgan fingerprint density at radius 3 is 2.94 bits per heavy atom. The summed E-state index contributed by atoms with van der Waals surface area (Å²) in [5.41, 5.74) is 2.89. The van der Waals surface area contributed by atoms with Crippen molar-refractivity contribution in [3.63, 3.8) is 0 Å². The largest absolute Gasteiger partial charge is 0.388 e. The lowest BCUT2D eigenvalue weighted by atomic mass is 9.87. The number of hydrogen-bond donors (Lipinski definition) is 0. The Morgan fingerprint density at radius 2 is 2.12 bits per heavy atom. The zero-order valence-electron chi connectivity index (χ0n) is 10.2. The molecule has 16 heavy (non-hydrogen) atoms. The Bertz CT molecular complexity index is 462. The molecule has 0 fully saturated rings. The minimum absolute atomic E-state index is 0.548. The van der Waals surface area contributed by atoms with Gasteiger partial charge in [-0.15, -0.1) is 0 Å². The third kappa shape index (κ3) is 1.13. The van der Waals surface area contributed by atoms with Crippen LogP contribution in [0.4, 0.5) is 0 Å². The molecule has 1 unspecified atom stereocenters. The van der Waals surface area contributed by atoms with Crippen molar-refractivity contribution in [1.82, 2.24) is 4.90 Å². The fourth-order valence-corrected chi connectivity index (χ4v) is 2.90. The van der Waals surface area contributed by atoms with Gasteiger partial charge in [0.15, 0.2) is 0 Å². The zero-order valence-corrected chi connectivity index (χ0v) is 10.2. The summed E-state index contributed by atoms with van der Waals surface area (Å²) in [4.78, 5) is 2.37. The van der Waals surface area contributed by atoms with E-state index in [1.54, 1.807) is 0 Å². The van der Waals surface area contributed by atoms with E-state index in [1.807, 2.05) is 0 Å². The molecule has 2 heterocycles. The Kier molecular flexibility index (Phi) is 2.00. The Hall–Kier alpha value is -1.44. The molecule has 1 aromatic rings. The molecule has 0 aliphatic carbocycles. The van der Waals surface area contributed by atoms with Crippen LogP contribution < -0.4 is 0 Å². The van der Waals surface area contributed by atoms with Gasteiger partial charge in [-0.05, 0) is 11.5 Å². The van der Waals surface area contributed by atoms with Gasteiger partial charge in [-0.1, -0.05) is 49.7 Å². The first-order valence-electron chi connectivity index (χ1n) is 5.98. The van der Waals surface area contributed by atoms with Crippen molar-refractivity contribution >= 4 is 5.84 Å². The van der Waals surface area contributed by atoms with E-state index < -0.39 is 0 Å². The maximum Gasteiger partial charge on any atom is 0.136 e. The fourth-order valence-electron chi connectivity index (χ4n) is 2.90. The molecule has 2 heteroatoms. The van der Waals surface area contributed by atoms with Crippen molar-refractivity contribution in [2.45, 2.75) is 19.8 Å². The highest BCUT2D eigenvalue weighted by Crippen LogP contribution is 2.35. The van der Waals surface area contributed by atoms with Gasteiger partial charge in [0, 0.05) is 0 Å². The third-order valence-electron chi connectivity index (χ3n) is 4.00. The lowest BCUT2D eigenvalue weighted by Crippen LogP contribution is -2.34. The van der Waals surface area contributed by atoms with Crippen LogP contribution in [0.5, 0.6) is 0 Å². The third-order valence-corrected chi connectivity index (χ3v) is 4.00. The van der Waals surface area contributed by atoms with E-state index in [1.165, 1.54) is 23.0 Å². The maximum absolute atomic E-state index is 2.48. The molecule has 0 spiro atoms. The minimum atomic E-state index is 0.548. The molecular weight excluding hydrogens is 196 g/mol. The molecule has 2 aliphatic rings. The predicted molar refractivity (Wildman–Crippen MR) is 65.6 cm³/mol. The molecule has 0 aromatic heterocycles. The average molecular weight is 214 g/mol. The fraction of sp³-hybridized carbons (Fsp3) is 0.429. The molecule has 0 bridgehead atoms. The second-order valence-electron chi connectivity index (χ2n) is 4.85. The van der Waals surface area contributed by atoms with Crippen LogP contribution in [0, 0.1) is 6.04 Å². The SMILES string of the molecule is C[C-]1C(C)c2ccccc2C2=[N+]1CCN2C. The minimum Gasteiger partial charge on any atom is -0.388 e. The van der Waals surface area contributed by atoms with Crippen LogP contribution in [-0.2, 0) is 0 Å². The van der Waals surface area contributed by atoms with Crippen LogP contribution in [-0.4, -0.2) is 35.4 Å². The number of hydrogen-bond acceptors (Lipinski definition) is 1. The standard InChI is InChI=1S/C14H18N2/c1-10-11(2)16-9-8-15(3)14(16)13-7-5-4-6-12(10)13/h4-7,10H,8-9H2,1-3H3. The number of rotatable bonds is 0. The van der Waals surface area contributed by atoms with Gasteiger partial charge in [-0.25, -0.2) is 0 Å². The predicted octanol–water partition coefficient (Wildman–Crippen LogP) is 2.06. The normalized spacial score (nSPS) is 23.6. The molecule has 0 N–H and O–H groups in total. The Balaban J connectivity index is 2.24. The van der Waals surface area contributed by atoms with Crippen LogP contribution in [0.2, 0.25) is 0 Å². The van der Waals surface area contributed by atoms with E-state index >= 15 is 0 Å². The second-order valence-corrected chi connectivity index (χ2v) is 4.85. The van der Waals surface area contributed by atoms with Crippen molar-refractivity contribution in [1.29, 1.82) is 0 Å². The van der Waals surface area contributed by atoms with Gasteiger partial charge in [0.05, 0.1) is 13.6 Å². The summed E-state index contributed by atoms with van der Waals surface area (Å²) < 4.78 is 2.48. The molecule has 0 saturated heterocycles. The summed E-state index contributed by atoms with van der Waals surface area (Å²) in [5, 5.41) is 0. The van der Waals surface area contributed by atoms with Crippen LogP contribution >= 0.6 is 0 Å². The molecule has 1 atom stereocenters. The van der Waals surface area contributed by atoms with Gasteiger partial charge in [0.2, 0.25) is 0 Å². The van der Waals surface area contributed by atoms with Gasteiger partial charge >= 0.3 is 0 Å². The van der Waals surface area contributed by atoms with Crippen LogP contribution in [0.25, 0.3) is 0 Å². The topological polar surface area (TPSA) is 6.25 Å². The van der Waals surface area contributed by atoms with E-state index in [0.29, 0.717) is 5.92 Å². The summed E-state index contributed by atoms with van der Waals surface area (Å²) in [6.45, 7) is 6.84. The zero-order chi connectivity index (χ0) is 11.3. The first-order valence-corrected chi connectivity index (χ1v) is 5.98. The summed E-state index contributed by atoms with van der Waals surface area (Å²) in [5.74, 6) is 1.94. The molecule has 84 valence electrons. The van der Waals surface area contributed by atoms with Crippen LogP contribution in [0.1, 0.15) is 30.9 Å². The number of fused-ring (bicyclic) bond motifs is 2. The summed E-state index contributed by atoms with van der Waals surface area (Å²) in [6.07, 6.45) is 0. The molecule has 2 aliphatic heterocycles.